The van der Waals surface area contributed by atoms with Crippen LogP contribution in [0.4, 0.5) is 0 Å². The molecule has 104 valence electrons. The first-order chi connectivity index (χ1) is 8.76. The average molecular weight is 250 g/mol. The summed E-state index contributed by atoms with van der Waals surface area (Å²) in [7, 11) is 0. The molecule has 18 heavy (non-hydrogen) atoms. The van der Waals surface area contributed by atoms with Gasteiger partial charge in [-0.3, -0.25) is 4.90 Å². The number of nitrogens with zero attached hydrogens (tertiary/aromatic N) is 1. The first-order valence-electron chi connectivity index (χ1n) is 8.23. The zero-order chi connectivity index (χ0) is 12.4. The van der Waals surface area contributed by atoms with Gasteiger partial charge in [0, 0.05) is 31.7 Å². The van der Waals surface area contributed by atoms with Crippen molar-refractivity contribution in [3.05, 3.63) is 0 Å². The van der Waals surface area contributed by atoms with Gasteiger partial charge in [0.25, 0.3) is 0 Å². The highest BCUT2D eigenvalue weighted by Crippen LogP contribution is 2.34. The minimum Gasteiger partial charge on any atom is -0.309 e. The highest BCUT2D eigenvalue weighted by atomic mass is 15.2. The van der Waals surface area contributed by atoms with Crippen molar-refractivity contribution in [1.82, 2.24) is 10.2 Å². The Morgan fingerprint density at radius 2 is 2.00 bits per heavy atom. The normalized spacial score (nSPS) is 37.2. The van der Waals surface area contributed by atoms with Gasteiger partial charge in [-0.05, 0) is 37.5 Å². The lowest BCUT2D eigenvalue weighted by Crippen LogP contribution is -2.59. The molecule has 2 heteroatoms. The third-order valence-electron chi connectivity index (χ3n) is 5.58. The molecule has 2 atom stereocenters. The van der Waals surface area contributed by atoms with E-state index in [1.54, 1.807) is 0 Å². The van der Waals surface area contributed by atoms with E-state index in [0.717, 1.165) is 11.8 Å². The standard InChI is InChI=1S/C16H30N2/c1-14-5-4-6-15(11-14)12-18-10-9-17-16(13-18)7-2-3-8-16/h14-15,17H,2-13H2,1H3. The molecule has 1 heterocycles. The van der Waals surface area contributed by atoms with Gasteiger partial charge in [-0.2, -0.15) is 0 Å². The van der Waals surface area contributed by atoms with Gasteiger partial charge >= 0.3 is 0 Å². The highest BCUT2D eigenvalue weighted by Gasteiger charge is 2.38. The SMILES string of the molecule is CC1CCCC(CN2CCNC3(CCCC3)C2)C1. The summed E-state index contributed by atoms with van der Waals surface area (Å²) in [4.78, 5) is 2.78. The Morgan fingerprint density at radius 3 is 2.78 bits per heavy atom. The zero-order valence-corrected chi connectivity index (χ0v) is 12.1. The van der Waals surface area contributed by atoms with Gasteiger partial charge in [-0.15, -0.1) is 0 Å². The van der Waals surface area contributed by atoms with Gasteiger partial charge in [-0.25, -0.2) is 0 Å². The van der Waals surface area contributed by atoms with E-state index in [9.17, 15) is 0 Å². The fourth-order valence-electron chi connectivity index (χ4n) is 4.68. The Hall–Kier alpha value is -0.0800. The summed E-state index contributed by atoms with van der Waals surface area (Å²) < 4.78 is 0. The van der Waals surface area contributed by atoms with Crippen LogP contribution in [0, 0.1) is 11.8 Å². The molecule has 0 aromatic carbocycles. The molecule has 1 N–H and O–H groups in total. The first kappa shape index (κ1) is 12.9. The minimum absolute atomic E-state index is 0.512. The summed E-state index contributed by atoms with van der Waals surface area (Å²) in [6.07, 6.45) is 11.7. The van der Waals surface area contributed by atoms with Crippen LogP contribution < -0.4 is 5.32 Å². The lowest BCUT2D eigenvalue weighted by atomic mass is 9.82. The maximum absolute atomic E-state index is 3.83. The van der Waals surface area contributed by atoms with Crippen molar-refractivity contribution in [2.75, 3.05) is 26.2 Å². The Bertz CT molecular complexity index is 270. The van der Waals surface area contributed by atoms with E-state index in [4.69, 9.17) is 0 Å². The van der Waals surface area contributed by atoms with Crippen molar-refractivity contribution < 1.29 is 0 Å². The summed E-state index contributed by atoms with van der Waals surface area (Å²) in [6, 6.07) is 0. The largest absolute Gasteiger partial charge is 0.309 e. The van der Waals surface area contributed by atoms with Crippen LogP contribution in [0.15, 0.2) is 0 Å². The van der Waals surface area contributed by atoms with Crippen LogP contribution >= 0.6 is 0 Å². The lowest BCUT2D eigenvalue weighted by Gasteiger charge is -2.43. The number of hydrogen-bond acceptors (Lipinski definition) is 2. The Morgan fingerprint density at radius 1 is 1.17 bits per heavy atom. The van der Waals surface area contributed by atoms with Crippen molar-refractivity contribution in [2.45, 2.75) is 63.8 Å². The van der Waals surface area contributed by atoms with E-state index in [0.29, 0.717) is 5.54 Å². The van der Waals surface area contributed by atoms with Crippen LogP contribution in [0.5, 0.6) is 0 Å². The van der Waals surface area contributed by atoms with Crippen LogP contribution in [0.1, 0.15) is 58.3 Å². The minimum atomic E-state index is 0.512. The van der Waals surface area contributed by atoms with Crippen molar-refractivity contribution in [1.29, 1.82) is 0 Å². The van der Waals surface area contributed by atoms with Crippen LogP contribution in [0.2, 0.25) is 0 Å². The maximum Gasteiger partial charge on any atom is 0.0309 e. The molecule has 0 amide bonds. The number of rotatable bonds is 2. The monoisotopic (exact) mass is 250 g/mol. The molecule has 1 saturated heterocycles. The third-order valence-corrected chi connectivity index (χ3v) is 5.58. The fourth-order valence-corrected chi connectivity index (χ4v) is 4.68. The molecule has 0 aromatic rings. The molecule has 0 bridgehead atoms. The van der Waals surface area contributed by atoms with Gasteiger partial charge in [-0.1, -0.05) is 32.6 Å². The predicted molar refractivity (Wildman–Crippen MR) is 76.8 cm³/mol. The van der Waals surface area contributed by atoms with Crippen LogP contribution in [-0.4, -0.2) is 36.6 Å². The molecular weight excluding hydrogens is 220 g/mol. The molecule has 2 unspecified atom stereocenters. The molecule has 0 radical (unpaired) electrons. The Balaban J connectivity index is 1.52. The van der Waals surface area contributed by atoms with E-state index in [-0.39, 0.29) is 0 Å². The number of hydrogen-bond donors (Lipinski definition) is 1. The number of nitrogens with one attached hydrogen (secondary N) is 1. The Labute approximate surface area is 113 Å². The third kappa shape index (κ3) is 2.91. The number of piperazine rings is 1. The van der Waals surface area contributed by atoms with Gasteiger partial charge in [0.05, 0.1) is 0 Å². The van der Waals surface area contributed by atoms with Crippen molar-refractivity contribution in [2.24, 2.45) is 11.8 Å². The van der Waals surface area contributed by atoms with E-state index in [1.807, 2.05) is 0 Å². The summed E-state index contributed by atoms with van der Waals surface area (Å²) in [5.74, 6) is 1.97. The summed E-state index contributed by atoms with van der Waals surface area (Å²) in [5, 5.41) is 3.83. The zero-order valence-electron chi connectivity index (χ0n) is 12.1. The maximum atomic E-state index is 3.83. The second-order valence-corrected chi connectivity index (χ2v) is 7.29. The first-order valence-corrected chi connectivity index (χ1v) is 8.23. The molecule has 2 saturated carbocycles. The van der Waals surface area contributed by atoms with E-state index >= 15 is 0 Å². The Kier molecular flexibility index (Phi) is 3.95. The average Bonchev–Trinajstić information content (AvgIpc) is 2.77. The second kappa shape index (κ2) is 5.50. The lowest BCUT2D eigenvalue weighted by molar-refractivity contribution is 0.103. The van der Waals surface area contributed by atoms with Gasteiger partial charge in [0.1, 0.15) is 0 Å². The summed E-state index contributed by atoms with van der Waals surface area (Å²) in [5.41, 5.74) is 0.512. The van der Waals surface area contributed by atoms with Gasteiger partial charge in [0.2, 0.25) is 0 Å². The van der Waals surface area contributed by atoms with Crippen LogP contribution in [0.25, 0.3) is 0 Å². The fraction of sp³-hybridized carbons (Fsp3) is 1.00. The molecule has 2 nitrogen and oxygen atoms in total. The second-order valence-electron chi connectivity index (χ2n) is 7.29. The molecule has 2 aliphatic carbocycles. The highest BCUT2D eigenvalue weighted by molar-refractivity contribution is 4.98. The van der Waals surface area contributed by atoms with Gasteiger partial charge < -0.3 is 5.32 Å². The van der Waals surface area contributed by atoms with E-state index < -0.39 is 0 Å². The molecule has 3 rings (SSSR count). The molecule has 3 aliphatic rings. The summed E-state index contributed by atoms with van der Waals surface area (Å²) in [6.45, 7) is 7.67. The summed E-state index contributed by atoms with van der Waals surface area (Å²) >= 11 is 0. The van der Waals surface area contributed by atoms with Crippen LogP contribution in [0.3, 0.4) is 0 Å². The smallest absolute Gasteiger partial charge is 0.0309 e. The molecular formula is C16H30N2. The van der Waals surface area contributed by atoms with E-state index in [1.165, 1.54) is 77.5 Å². The predicted octanol–water partition coefficient (Wildman–Crippen LogP) is 3.03. The van der Waals surface area contributed by atoms with Crippen molar-refractivity contribution in [3.63, 3.8) is 0 Å². The van der Waals surface area contributed by atoms with E-state index in [2.05, 4.69) is 17.1 Å². The molecule has 0 aromatic heterocycles. The topological polar surface area (TPSA) is 15.3 Å². The quantitative estimate of drug-likeness (QED) is 0.810. The van der Waals surface area contributed by atoms with Crippen molar-refractivity contribution >= 4 is 0 Å². The molecule has 1 spiro atoms. The molecule has 1 aliphatic heterocycles. The molecule has 3 fully saturated rings. The van der Waals surface area contributed by atoms with Crippen molar-refractivity contribution in [3.8, 4) is 0 Å². The van der Waals surface area contributed by atoms with Crippen LogP contribution in [-0.2, 0) is 0 Å². The van der Waals surface area contributed by atoms with Gasteiger partial charge in [0.15, 0.2) is 0 Å².